The molecule has 2 rings (SSSR count). The third kappa shape index (κ3) is 2.61. The van der Waals surface area contributed by atoms with Gasteiger partial charge in [0, 0.05) is 5.56 Å². The Labute approximate surface area is 104 Å². The Morgan fingerprint density at radius 2 is 1.83 bits per heavy atom. The zero-order chi connectivity index (χ0) is 13.3. The van der Waals surface area contributed by atoms with E-state index < -0.39 is 12.2 Å². The van der Waals surface area contributed by atoms with E-state index in [0.29, 0.717) is 5.92 Å². The number of benzene rings is 1. The van der Waals surface area contributed by atoms with Crippen LogP contribution in [0.2, 0.25) is 0 Å². The van der Waals surface area contributed by atoms with Crippen molar-refractivity contribution in [3.63, 3.8) is 0 Å². The summed E-state index contributed by atoms with van der Waals surface area (Å²) in [7, 11) is 0. The molecule has 18 heavy (non-hydrogen) atoms. The maximum absolute atomic E-state index is 12.6. The number of hydrogen-bond donors (Lipinski definition) is 2. The third-order valence-corrected chi connectivity index (χ3v) is 3.57. The molecule has 0 aliphatic heterocycles. The zero-order valence-corrected chi connectivity index (χ0v) is 9.87. The van der Waals surface area contributed by atoms with E-state index in [1.165, 1.54) is 12.1 Å². The molecule has 5 heteroatoms. The number of nitrogens with two attached hydrogens (primary N) is 1. The van der Waals surface area contributed by atoms with Crippen LogP contribution in [0.3, 0.4) is 0 Å². The van der Waals surface area contributed by atoms with Gasteiger partial charge in [-0.3, -0.25) is 0 Å². The van der Waals surface area contributed by atoms with Crippen molar-refractivity contribution in [2.45, 2.75) is 43.8 Å². The summed E-state index contributed by atoms with van der Waals surface area (Å²) in [4.78, 5) is 0. The van der Waals surface area contributed by atoms with Crippen molar-refractivity contribution in [1.29, 1.82) is 0 Å². The molecule has 3 N–H and O–H groups in total. The minimum atomic E-state index is -4.54. The highest BCUT2D eigenvalue weighted by Crippen LogP contribution is 2.39. The number of phenolic OH excluding ortho intramolecular Hbond substituents is 1. The van der Waals surface area contributed by atoms with Gasteiger partial charge in [-0.15, -0.1) is 0 Å². The fourth-order valence-electron chi connectivity index (χ4n) is 2.51. The molecule has 1 aromatic carbocycles. The van der Waals surface area contributed by atoms with Crippen molar-refractivity contribution in [2.75, 3.05) is 0 Å². The molecular formula is C13H16F3NO. The van der Waals surface area contributed by atoms with Crippen molar-refractivity contribution >= 4 is 0 Å². The SMILES string of the molecule is N[C@@H](c1cc(C2CCCC2)ccc1O)C(F)(F)F. The maximum Gasteiger partial charge on any atom is 0.407 e. The Morgan fingerprint density at radius 3 is 2.39 bits per heavy atom. The van der Waals surface area contributed by atoms with Crippen LogP contribution in [0, 0.1) is 0 Å². The Bertz CT molecular complexity index is 425. The summed E-state index contributed by atoms with van der Waals surface area (Å²) in [6.07, 6.45) is -0.346. The average Bonchev–Trinajstić information content (AvgIpc) is 2.81. The molecule has 100 valence electrons. The predicted molar refractivity (Wildman–Crippen MR) is 62.3 cm³/mol. The molecule has 1 aliphatic carbocycles. The van der Waals surface area contributed by atoms with Gasteiger partial charge in [0.15, 0.2) is 0 Å². The first-order valence-corrected chi connectivity index (χ1v) is 6.04. The lowest BCUT2D eigenvalue weighted by Gasteiger charge is -2.19. The third-order valence-electron chi connectivity index (χ3n) is 3.57. The molecule has 1 saturated carbocycles. The number of aromatic hydroxyl groups is 1. The summed E-state index contributed by atoms with van der Waals surface area (Å²) < 4.78 is 37.8. The van der Waals surface area contributed by atoms with E-state index in [0.717, 1.165) is 31.2 Å². The molecule has 0 saturated heterocycles. The molecule has 0 radical (unpaired) electrons. The Hall–Kier alpha value is -1.23. The van der Waals surface area contributed by atoms with Crippen LogP contribution in [0.4, 0.5) is 13.2 Å². The van der Waals surface area contributed by atoms with E-state index in [4.69, 9.17) is 5.73 Å². The quantitative estimate of drug-likeness (QED) is 0.852. The molecule has 0 unspecified atom stereocenters. The number of hydrogen-bond acceptors (Lipinski definition) is 2. The molecule has 1 aromatic rings. The summed E-state index contributed by atoms with van der Waals surface area (Å²) >= 11 is 0. The van der Waals surface area contributed by atoms with Gasteiger partial charge in [-0.2, -0.15) is 13.2 Å². The Kier molecular flexibility index (Phi) is 3.52. The van der Waals surface area contributed by atoms with E-state index in [2.05, 4.69) is 0 Å². The largest absolute Gasteiger partial charge is 0.508 e. The summed E-state index contributed by atoms with van der Waals surface area (Å²) in [5.74, 6) is -0.0913. The monoisotopic (exact) mass is 259 g/mol. The second-order valence-electron chi connectivity index (χ2n) is 4.82. The van der Waals surface area contributed by atoms with E-state index in [-0.39, 0.29) is 11.3 Å². The van der Waals surface area contributed by atoms with Crippen LogP contribution in [-0.4, -0.2) is 11.3 Å². The van der Waals surface area contributed by atoms with Crippen molar-refractivity contribution in [1.82, 2.24) is 0 Å². The minimum absolute atomic E-state index is 0.230. The van der Waals surface area contributed by atoms with Gasteiger partial charge in [0.2, 0.25) is 0 Å². The maximum atomic E-state index is 12.6. The second-order valence-corrected chi connectivity index (χ2v) is 4.82. The van der Waals surface area contributed by atoms with E-state index in [1.807, 2.05) is 0 Å². The first-order chi connectivity index (χ1) is 8.39. The molecule has 0 aromatic heterocycles. The normalized spacial score (nSPS) is 19.1. The van der Waals surface area contributed by atoms with Crippen LogP contribution in [0.5, 0.6) is 5.75 Å². The van der Waals surface area contributed by atoms with Gasteiger partial charge in [0.25, 0.3) is 0 Å². The smallest absolute Gasteiger partial charge is 0.407 e. The Balaban J connectivity index is 2.32. The van der Waals surface area contributed by atoms with Gasteiger partial charge in [-0.05, 0) is 36.5 Å². The number of phenols is 1. The van der Waals surface area contributed by atoms with Crippen LogP contribution in [-0.2, 0) is 0 Å². The molecular weight excluding hydrogens is 243 g/mol. The van der Waals surface area contributed by atoms with Gasteiger partial charge in [0.05, 0.1) is 0 Å². The van der Waals surface area contributed by atoms with Gasteiger partial charge >= 0.3 is 6.18 Å². The van der Waals surface area contributed by atoms with Crippen LogP contribution < -0.4 is 5.73 Å². The fourth-order valence-corrected chi connectivity index (χ4v) is 2.51. The Morgan fingerprint density at radius 1 is 1.22 bits per heavy atom. The average molecular weight is 259 g/mol. The second kappa shape index (κ2) is 4.80. The summed E-state index contributed by atoms with van der Waals surface area (Å²) in [5, 5.41) is 9.53. The topological polar surface area (TPSA) is 46.2 Å². The lowest BCUT2D eigenvalue weighted by atomic mass is 9.93. The lowest BCUT2D eigenvalue weighted by Crippen LogP contribution is -2.28. The van der Waals surface area contributed by atoms with Crippen molar-refractivity contribution in [3.05, 3.63) is 29.3 Å². The van der Waals surface area contributed by atoms with Crippen molar-refractivity contribution in [2.24, 2.45) is 5.73 Å². The molecule has 1 atom stereocenters. The number of alkyl halides is 3. The standard InChI is InChI=1S/C13H16F3NO/c14-13(15,16)12(17)10-7-9(5-6-11(10)18)8-3-1-2-4-8/h5-8,12,18H,1-4,17H2/t12-/m0/s1. The predicted octanol–water partition coefficient (Wildman–Crippen LogP) is 3.61. The van der Waals surface area contributed by atoms with Crippen LogP contribution in [0.25, 0.3) is 0 Å². The fraction of sp³-hybridized carbons (Fsp3) is 0.538. The highest BCUT2D eigenvalue weighted by atomic mass is 19.4. The van der Waals surface area contributed by atoms with Crippen LogP contribution in [0.1, 0.15) is 48.8 Å². The van der Waals surface area contributed by atoms with Gasteiger partial charge < -0.3 is 10.8 Å². The summed E-state index contributed by atoms with van der Waals surface area (Å²) in [6.45, 7) is 0. The van der Waals surface area contributed by atoms with Gasteiger partial charge in [-0.1, -0.05) is 18.9 Å². The molecule has 0 heterocycles. The minimum Gasteiger partial charge on any atom is -0.508 e. The number of rotatable bonds is 2. The van der Waals surface area contributed by atoms with E-state index >= 15 is 0 Å². The molecule has 0 bridgehead atoms. The highest BCUT2D eigenvalue weighted by Gasteiger charge is 2.39. The van der Waals surface area contributed by atoms with Gasteiger partial charge in [-0.25, -0.2) is 0 Å². The molecule has 0 amide bonds. The summed E-state index contributed by atoms with van der Waals surface area (Å²) in [5.41, 5.74) is 5.77. The molecule has 1 fully saturated rings. The van der Waals surface area contributed by atoms with Crippen molar-refractivity contribution in [3.8, 4) is 5.75 Å². The first kappa shape index (κ1) is 13.2. The van der Waals surface area contributed by atoms with E-state index in [9.17, 15) is 18.3 Å². The van der Waals surface area contributed by atoms with Crippen LogP contribution in [0.15, 0.2) is 18.2 Å². The van der Waals surface area contributed by atoms with Crippen molar-refractivity contribution < 1.29 is 18.3 Å². The molecule has 0 spiro atoms. The highest BCUT2D eigenvalue weighted by molar-refractivity contribution is 5.40. The van der Waals surface area contributed by atoms with E-state index in [1.54, 1.807) is 6.07 Å². The van der Waals surface area contributed by atoms with Crippen LogP contribution >= 0.6 is 0 Å². The lowest BCUT2D eigenvalue weighted by molar-refractivity contribution is -0.149. The zero-order valence-electron chi connectivity index (χ0n) is 9.87. The van der Waals surface area contributed by atoms with Gasteiger partial charge in [0.1, 0.15) is 11.8 Å². The first-order valence-electron chi connectivity index (χ1n) is 6.04. The molecule has 2 nitrogen and oxygen atoms in total. The summed E-state index contributed by atoms with van der Waals surface area (Å²) in [6, 6.07) is 2.29. The number of halogens is 3. The molecule has 1 aliphatic rings.